The molecule has 0 bridgehead atoms. The minimum Gasteiger partial charge on any atom is -0.456 e. The van der Waals surface area contributed by atoms with Crippen LogP contribution >= 0.6 is 11.3 Å². The molecule has 4 nitrogen and oxygen atoms in total. The molecule has 0 atom stereocenters. The van der Waals surface area contributed by atoms with Crippen LogP contribution in [-0.4, -0.2) is 15.0 Å². The number of benzene rings is 10. The molecule has 0 aliphatic carbocycles. The SMILES string of the molecule is [2H]c1c(-c2ccc3c4ccccc4c4ccccc4c3c2)c([2H])c2c(sc3c([2H])c(-c4nc(-c5ccccc5-c5ccccc5)nc(-c5cccc6oc7ccccc7c56)n4)c([2H])c([2H])c32)c1[2H]. The molecular weight excluding hydrogens is 775 g/mol. The first-order chi connectivity index (χ1) is 33.2. The molecule has 0 amide bonds. The van der Waals surface area contributed by atoms with E-state index in [4.69, 9.17) is 19.4 Å². The molecule has 3 aromatic heterocycles. The van der Waals surface area contributed by atoms with E-state index in [9.17, 15) is 8.22 Å². The molecule has 5 heteroatoms. The van der Waals surface area contributed by atoms with Gasteiger partial charge in [0, 0.05) is 47.6 Å². The van der Waals surface area contributed by atoms with Gasteiger partial charge in [0.15, 0.2) is 17.5 Å². The third kappa shape index (κ3) is 5.49. The minimum atomic E-state index is -0.292. The van der Waals surface area contributed by atoms with E-state index in [-0.39, 0.29) is 64.0 Å². The van der Waals surface area contributed by atoms with Crippen molar-refractivity contribution in [2.45, 2.75) is 0 Å². The Bertz CT molecular complexity index is 4270. The van der Waals surface area contributed by atoms with Crippen LogP contribution in [0.4, 0.5) is 0 Å². The van der Waals surface area contributed by atoms with E-state index in [1.807, 2.05) is 140 Å². The summed E-state index contributed by atoms with van der Waals surface area (Å²) >= 11 is 1.09. The fraction of sp³-hybridized carbons (Fsp3) is 0. The number of furan rings is 1. The topological polar surface area (TPSA) is 51.8 Å². The van der Waals surface area contributed by atoms with E-state index in [1.54, 1.807) is 0 Å². The largest absolute Gasteiger partial charge is 0.456 e. The Morgan fingerprint density at radius 2 is 0.952 bits per heavy atom. The van der Waals surface area contributed by atoms with Gasteiger partial charge in [0.1, 0.15) is 11.2 Å². The van der Waals surface area contributed by atoms with Crippen LogP contribution in [0, 0.1) is 0 Å². The molecule has 0 saturated carbocycles. The van der Waals surface area contributed by atoms with E-state index in [0.717, 1.165) is 65.6 Å². The van der Waals surface area contributed by atoms with Gasteiger partial charge in [-0.05, 0) is 90.9 Å². The number of hydrogen-bond acceptors (Lipinski definition) is 5. The lowest BCUT2D eigenvalue weighted by molar-refractivity contribution is 0.669. The lowest BCUT2D eigenvalue weighted by Gasteiger charge is -2.12. The Hall–Kier alpha value is -7.99. The molecule has 3 heterocycles. The highest BCUT2D eigenvalue weighted by atomic mass is 32.1. The second-order valence-electron chi connectivity index (χ2n) is 15.4. The zero-order valence-corrected chi connectivity index (χ0v) is 33.6. The van der Waals surface area contributed by atoms with Crippen molar-refractivity contribution < 1.29 is 12.6 Å². The lowest BCUT2D eigenvalue weighted by Crippen LogP contribution is -2.01. The summed E-state index contributed by atoms with van der Waals surface area (Å²) in [6.45, 7) is 0. The molecule has 0 aliphatic heterocycles. The molecule has 0 spiro atoms. The second-order valence-corrected chi connectivity index (χ2v) is 16.4. The molecule has 0 fully saturated rings. The molecule has 0 saturated heterocycles. The van der Waals surface area contributed by atoms with Crippen LogP contribution in [0.2, 0.25) is 0 Å². The summed E-state index contributed by atoms with van der Waals surface area (Å²) in [4.78, 5) is 15.2. The highest BCUT2D eigenvalue weighted by Gasteiger charge is 2.20. The third-order valence-corrected chi connectivity index (χ3v) is 12.8. The van der Waals surface area contributed by atoms with E-state index >= 15 is 0 Å². The van der Waals surface area contributed by atoms with Gasteiger partial charge in [-0.2, -0.15) is 0 Å². The monoisotopic (exact) mass is 813 g/mol. The average Bonchev–Trinajstić information content (AvgIpc) is 3.98. The van der Waals surface area contributed by atoms with Crippen molar-refractivity contribution >= 4 is 85.8 Å². The van der Waals surface area contributed by atoms with Crippen molar-refractivity contribution in [2.24, 2.45) is 0 Å². The quantitative estimate of drug-likeness (QED) is 0.162. The van der Waals surface area contributed by atoms with Crippen LogP contribution in [0.25, 0.3) is 131 Å². The van der Waals surface area contributed by atoms with Crippen molar-refractivity contribution in [1.29, 1.82) is 0 Å². The molecule has 13 rings (SSSR count). The van der Waals surface area contributed by atoms with Crippen LogP contribution in [0.3, 0.4) is 0 Å². The van der Waals surface area contributed by atoms with Crippen molar-refractivity contribution in [3.05, 3.63) is 200 Å². The van der Waals surface area contributed by atoms with E-state index in [2.05, 4.69) is 24.3 Å². The van der Waals surface area contributed by atoms with Crippen LogP contribution in [0.15, 0.2) is 204 Å². The summed E-state index contributed by atoms with van der Waals surface area (Å²) in [7, 11) is 0. The van der Waals surface area contributed by atoms with Crippen LogP contribution in [0.5, 0.6) is 0 Å². The predicted octanol–water partition coefficient (Wildman–Crippen LogP) is 15.9. The van der Waals surface area contributed by atoms with Gasteiger partial charge < -0.3 is 4.42 Å². The smallest absolute Gasteiger partial charge is 0.164 e. The lowest BCUT2D eigenvalue weighted by atomic mass is 9.92. The van der Waals surface area contributed by atoms with E-state index in [1.165, 1.54) is 0 Å². The van der Waals surface area contributed by atoms with Crippen LogP contribution in [-0.2, 0) is 0 Å². The fourth-order valence-electron chi connectivity index (χ4n) is 8.95. The molecule has 0 unspecified atom stereocenters. The maximum absolute atomic E-state index is 9.86. The zero-order chi connectivity index (χ0) is 45.9. The van der Waals surface area contributed by atoms with Gasteiger partial charge in [0.25, 0.3) is 0 Å². The highest BCUT2D eigenvalue weighted by Crippen LogP contribution is 2.42. The molecule has 10 aromatic carbocycles. The Balaban J connectivity index is 1.05. The van der Waals surface area contributed by atoms with Gasteiger partial charge in [-0.3, -0.25) is 0 Å². The first kappa shape index (κ1) is 29.3. The standard InChI is InChI=1S/C57H33N3OS/c1-2-13-34(14-3-1)38-15-4-9-20-45(38)56-58-55(59-57(60-56)47-22-12-24-51-54(47)46-21-10-11-23-50(46)61-51)37-26-29-44-49-32-36(27-30-52(49)62-53(44)33-37)35-25-28-43-41-18-6-5-16-39(41)40-17-7-8-19-42(40)48(43)31-35/h1-33H/i26D,27D,29D,30D,32D,33D. The summed E-state index contributed by atoms with van der Waals surface area (Å²) in [6, 6.07) is 52.8. The summed E-state index contributed by atoms with van der Waals surface area (Å²) in [5.74, 6) is 0.654. The summed E-state index contributed by atoms with van der Waals surface area (Å²) < 4.78 is 64.6. The fourth-order valence-corrected chi connectivity index (χ4v) is 9.92. The Morgan fingerprint density at radius 1 is 0.355 bits per heavy atom. The molecule has 13 aromatic rings. The summed E-state index contributed by atoms with van der Waals surface area (Å²) in [5, 5.41) is 8.54. The number of hydrogen-bond donors (Lipinski definition) is 0. The van der Waals surface area contributed by atoms with Gasteiger partial charge in [0.05, 0.1) is 8.22 Å². The van der Waals surface area contributed by atoms with Crippen LogP contribution < -0.4 is 0 Å². The highest BCUT2D eigenvalue weighted by molar-refractivity contribution is 7.25. The van der Waals surface area contributed by atoms with E-state index < -0.39 is 0 Å². The normalized spacial score (nSPS) is 13.2. The molecule has 0 N–H and O–H groups in total. The molecule has 62 heavy (non-hydrogen) atoms. The number of aromatic nitrogens is 3. The van der Waals surface area contributed by atoms with Crippen molar-refractivity contribution in [2.75, 3.05) is 0 Å². The maximum atomic E-state index is 9.86. The first-order valence-corrected chi connectivity index (χ1v) is 21.2. The molecular formula is C57H33N3OS. The van der Waals surface area contributed by atoms with Crippen molar-refractivity contribution in [3.8, 4) is 56.4 Å². The van der Waals surface area contributed by atoms with E-state index in [0.29, 0.717) is 48.9 Å². The van der Waals surface area contributed by atoms with Gasteiger partial charge in [-0.1, -0.05) is 164 Å². The van der Waals surface area contributed by atoms with Gasteiger partial charge in [-0.15, -0.1) is 11.3 Å². The third-order valence-electron chi connectivity index (χ3n) is 11.8. The predicted molar refractivity (Wildman–Crippen MR) is 260 cm³/mol. The van der Waals surface area contributed by atoms with Crippen molar-refractivity contribution in [3.63, 3.8) is 0 Å². The van der Waals surface area contributed by atoms with Gasteiger partial charge in [0.2, 0.25) is 0 Å². The Morgan fingerprint density at radius 3 is 1.74 bits per heavy atom. The Kier molecular flexibility index (Phi) is 6.51. The Labute approximate surface area is 368 Å². The van der Waals surface area contributed by atoms with Crippen LogP contribution in [0.1, 0.15) is 8.22 Å². The average molecular weight is 814 g/mol. The molecule has 0 radical (unpaired) electrons. The summed E-state index contributed by atoms with van der Waals surface area (Å²) in [5.41, 5.74) is 5.45. The van der Waals surface area contributed by atoms with Crippen molar-refractivity contribution in [1.82, 2.24) is 15.0 Å². The second kappa shape index (κ2) is 13.8. The van der Waals surface area contributed by atoms with Gasteiger partial charge >= 0.3 is 0 Å². The number of thiophene rings is 1. The number of rotatable bonds is 5. The minimum absolute atomic E-state index is 0.0263. The molecule has 0 aliphatic rings. The van der Waals surface area contributed by atoms with Gasteiger partial charge in [-0.25, -0.2) is 15.0 Å². The number of fused-ring (bicyclic) bond motifs is 12. The number of para-hydroxylation sites is 1. The molecule has 288 valence electrons. The zero-order valence-electron chi connectivity index (χ0n) is 38.7. The summed E-state index contributed by atoms with van der Waals surface area (Å²) in [6.07, 6.45) is 0. The first-order valence-electron chi connectivity index (χ1n) is 23.4. The number of nitrogens with zero attached hydrogens (tertiary/aromatic N) is 3. The maximum Gasteiger partial charge on any atom is 0.164 e.